The third-order valence-corrected chi connectivity index (χ3v) is 6.64. The summed E-state index contributed by atoms with van der Waals surface area (Å²) in [5.74, 6) is -2.26. The van der Waals surface area contributed by atoms with E-state index in [1.54, 1.807) is 7.05 Å². The van der Waals surface area contributed by atoms with Gasteiger partial charge in [0, 0.05) is 25.4 Å². The number of pyridine rings is 1. The van der Waals surface area contributed by atoms with Gasteiger partial charge in [0.25, 0.3) is 5.91 Å². The number of aromatic nitrogens is 4. The molecule has 0 unspecified atom stereocenters. The third kappa shape index (κ3) is 4.39. The average Bonchev–Trinajstić information content (AvgIpc) is 3.40. The van der Waals surface area contributed by atoms with Crippen molar-refractivity contribution in [1.29, 1.82) is 0 Å². The van der Waals surface area contributed by atoms with Gasteiger partial charge in [-0.2, -0.15) is 18.3 Å². The summed E-state index contributed by atoms with van der Waals surface area (Å²) in [6.45, 7) is 0.856. The van der Waals surface area contributed by atoms with Gasteiger partial charge >= 0.3 is 6.18 Å². The van der Waals surface area contributed by atoms with Gasteiger partial charge in [-0.3, -0.25) is 19.7 Å². The van der Waals surface area contributed by atoms with Gasteiger partial charge in [0.05, 0.1) is 50.5 Å². The molecule has 3 N–H and O–H groups in total. The zero-order chi connectivity index (χ0) is 26.6. The number of aryl methyl sites for hydroxylation is 1. The van der Waals surface area contributed by atoms with Crippen molar-refractivity contribution in [2.45, 2.75) is 19.6 Å². The summed E-state index contributed by atoms with van der Waals surface area (Å²) in [4.78, 5) is 33.6. The van der Waals surface area contributed by atoms with Crippen molar-refractivity contribution in [2.75, 3.05) is 5.73 Å². The van der Waals surface area contributed by atoms with Crippen LogP contribution in [0.4, 0.5) is 23.4 Å². The monoisotopic (exact) mass is 531 g/mol. The number of benzene rings is 2. The normalized spacial score (nSPS) is 11.9. The van der Waals surface area contributed by atoms with E-state index >= 15 is 4.39 Å². The number of thiazole rings is 1. The van der Waals surface area contributed by atoms with Crippen LogP contribution in [0.15, 0.2) is 36.5 Å². The van der Waals surface area contributed by atoms with E-state index < -0.39 is 29.4 Å². The maximum atomic E-state index is 15.1. The Hall–Kier alpha value is -4.33. The number of carbonyl (C=O) groups excluding carboxylic acids is 2. The van der Waals surface area contributed by atoms with Gasteiger partial charge in [-0.1, -0.05) is 0 Å². The largest absolute Gasteiger partial charge is 0.416 e. The van der Waals surface area contributed by atoms with Crippen molar-refractivity contribution in [3.63, 3.8) is 0 Å². The van der Waals surface area contributed by atoms with Crippen LogP contribution in [0.5, 0.6) is 0 Å². The first kappa shape index (κ1) is 24.4. The van der Waals surface area contributed by atoms with Gasteiger partial charge < -0.3 is 5.73 Å². The molecule has 2 aromatic carbocycles. The minimum absolute atomic E-state index is 0.0872. The van der Waals surface area contributed by atoms with Crippen LogP contribution in [-0.2, 0) is 24.6 Å². The fourth-order valence-corrected chi connectivity index (χ4v) is 4.93. The molecule has 0 aliphatic carbocycles. The van der Waals surface area contributed by atoms with Crippen molar-refractivity contribution in [3.8, 4) is 0 Å². The number of nitrogens with two attached hydrogens (primary N) is 1. The number of hydrogen-bond acceptors (Lipinski definition) is 7. The molecular formula is C23H17F4N7O2S. The first-order chi connectivity index (χ1) is 17.4. The minimum Gasteiger partial charge on any atom is -0.383 e. The lowest BCUT2D eigenvalue weighted by atomic mass is 10.1. The van der Waals surface area contributed by atoms with Crippen molar-refractivity contribution >= 4 is 61.0 Å². The summed E-state index contributed by atoms with van der Waals surface area (Å²) < 4.78 is 56.3. The molecule has 2 amide bonds. The molecule has 9 nitrogen and oxygen atoms in total. The van der Waals surface area contributed by atoms with Crippen LogP contribution in [0, 0.1) is 5.82 Å². The first-order valence-corrected chi connectivity index (χ1v) is 11.5. The molecule has 0 radical (unpaired) electrons. The number of nitrogens with one attached hydrogen (secondary N) is 1. The van der Waals surface area contributed by atoms with E-state index in [2.05, 4.69) is 20.5 Å². The number of amides is 2. The molecule has 3 aromatic heterocycles. The van der Waals surface area contributed by atoms with Crippen LogP contribution in [0.3, 0.4) is 0 Å². The second-order valence-electron chi connectivity index (χ2n) is 8.22. The number of carbonyl (C=O) groups is 2. The molecule has 5 rings (SSSR count). The van der Waals surface area contributed by atoms with Gasteiger partial charge in [-0.25, -0.2) is 19.4 Å². The Morgan fingerprint density at radius 3 is 2.59 bits per heavy atom. The predicted molar refractivity (Wildman–Crippen MR) is 129 cm³/mol. The highest BCUT2D eigenvalue weighted by Gasteiger charge is 2.31. The van der Waals surface area contributed by atoms with Gasteiger partial charge in [0.2, 0.25) is 5.91 Å². The molecule has 5 aromatic rings. The Morgan fingerprint density at radius 2 is 1.89 bits per heavy atom. The molecule has 37 heavy (non-hydrogen) atoms. The van der Waals surface area contributed by atoms with Crippen LogP contribution in [-0.4, -0.2) is 36.6 Å². The highest BCUT2D eigenvalue weighted by molar-refractivity contribution is 7.18. The number of hydrogen-bond donors (Lipinski definition) is 2. The van der Waals surface area contributed by atoms with E-state index in [-0.39, 0.29) is 34.0 Å². The minimum atomic E-state index is -4.54. The summed E-state index contributed by atoms with van der Waals surface area (Å²) >= 11 is 1.05. The summed E-state index contributed by atoms with van der Waals surface area (Å²) in [5, 5.41) is 6.18. The van der Waals surface area contributed by atoms with E-state index in [0.717, 1.165) is 41.5 Å². The fourth-order valence-electron chi connectivity index (χ4n) is 4.00. The van der Waals surface area contributed by atoms with Crippen LogP contribution in [0.1, 0.15) is 27.9 Å². The summed E-state index contributed by atoms with van der Waals surface area (Å²) in [6.07, 6.45) is -3.04. The Bertz CT molecular complexity index is 1730. The highest BCUT2D eigenvalue weighted by atomic mass is 32.1. The average molecular weight is 531 g/mol. The van der Waals surface area contributed by atoms with E-state index in [1.165, 1.54) is 23.0 Å². The van der Waals surface area contributed by atoms with Crippen molar-refractivity contribution in [2.24, 2.45) is 7.05 Å². The van der Waals surface area contributed by atoms with Gasteiger partial charge in [-0.05, 0) is 24.3 Å². The van der Waals surface area contributed by atoms with Crippen LogP contribution < -0.4 is 11.2 Å². The van der Waals surface area contributed by atoms with E-state index in [4.69, 9.17) is 5.73 Å². The predicted octanol–water partition coefficient (Wildman–Crippen LogP) is 4.16. The Labute approximate surface area is 209 Å². The zero-order valence-electron chi connectivity index (χ0n) is 19.2. The lowest BCUT2D eigenvalue weighted by Crippen LogP contribution is -2.45. The molecule has 0 saturated heterocycles. The molecule has 3 heterocycles. The molecule has 0 spiro atoms. The lowest BCUT2D eigenvalue weighted by Gasteiger charge is -2.22. The second-order valence-corrected chi connectivity index (χ2v) is 9.34. The molecule has 0 saturated carbocycles. The summed E-state index contributed by atoms with van der Waals surface area (Å²) in [5.41, 5.74) is 7.91. The van der Waals surface area contributed by atoms with Crippen LogP contribution in [0.25, 0.3) is 32.0 Å². The Morgan fingerprint density at radius 1 is 1.14 bits per heavy atom. The molecule has 0 aliphatic rings. The number of halogens is 4. The third-order valence-electron chi connectivity index (χ3n) is 5.62. The van der Waals surface area contributed by atoms with Crippen LogP contribution in [0.2, 0.25) is 0 Å². The van der Waals surface area contributed by atoms with Crippen molar-refractivity contribution < 1.29 is 27.2 Å². The fraction of sp³-hybridized carbons (Fsp3) is 0.174. The lowest BCUT2D eigenvalue weighted by molar-refractivity contribution is -0.137. The quantitative estimate of drug-likeness (QED) is 0.267. The second kappa shape index (κ2) is 8.65. The number of hydrazine groups is 1. The number of nitrogen functional groups attached to an aromatic ring is 1. The van der Waals surface area contributed by atoms with E-state index in [0.29, 0.717) is 21.0 Å². The molecular weight excluding hydrogens is 514 g/mol. The molecule has 0 atom stereocenters. The van der Waals surface area contributed by atoms with Crippen molar-refractivity contribution in [3.05, 3.63) is 58.5 Å². The summed E-state index contributed by atoms with van der Waals surface area (Å²) in [7, 11) is 1.66. The van der Waals surface area contributed by atoms with Gasteiger partial charge in [-0.15, -0.1) is 11.3 Å². The maximum Gasteiger partial charge on any atom is 0.416 e. The molecule has 0 fully saturated rings. The highest BCUT2D eigenvalue weighted by Crippen LogP contribution is 2.33. The van der Waals surface area contributed by atoms with Crippen LogP contribution >= 0.6 is 11.3 Å². The topological polar surface area (TPSA) is 119 Å². The molecule has 0 bridgehead atoms. The molecule has 0 aliphatic heterocycles. The standard InChI is InChI=1S/C23H17F4N7O2S/c1-10(35)32-34(9-19-30-17-5-11(23(25,26)27)3-4-18(17)37-19)22(36)12-6-13-16(7-15(12)24)31-21(28)14-8-29-33(2)20(13)14/h3-8H,9H2,1-2H3,(H2,28,31)(H,32,35). The number of anilines is 1. The number of alkyl halides is 3. The number of rotatable bonds is 3. The van der Waals surface area contributed by atoms with E-state index in [1.807, 2.05) is 0 Å². The van der Waals surface area contributed by atoms with E-state index in [9.17, 15) is 22.8 Å². The van der Waals surface area contributed by atoms with Gasteiger partial charge in [0.15, 0.2) is 0 Å². The number of fused-ring (bicyclic) bond motifs is 4. The maximum absolute atomic E-state index is 15.1. The van der Waals surface area contributed by atoms with Gasteiger partial charge in [0.1, 0.15) is 16.6 Å². The van der Waals surface area contributed by atoms with Crippen molar-refractivity contribution in [1.82, 2.24) is 30.2 Å². The number of nitrogens with zero attached hydrogens (tertiary/aromatic N) is 5. The Balaban J connectivity index is 1.55. The first-order valence-electron chi connectivity index (χ1n) is 10.7. The zero-order valence-corrected chi connectivity index (χ0v) is 20.0. The smallest absolute Gasteiger partial charge is 0.383 e. The summed E-state index contributed by atoms with van der Waals surface area (Å²) in [6, 6.07) is 5.48. The Kier molecular flexibility index (Phi) is 5.70. The molecule has 14 heteroatoms. The SMILES string of the molecule is CC(=O)NN(Cc1nc2cc(C(F)(F)F)ccc2s1)C(=O)c1cc2c(cc1F)nc(N)c1cnn(C)c12. The molecule has 190 valence electrons.